The number of ether oxygens (including phenoxy) is 4. The lowest BCUT2D eigenvalue weighted by atomic mass is 9.65. The number of allylic oxidation sites excluding steroid dienone is 5. The first kappa shape index (κ1) is 87.9. The number of esters is 3. The minimum absolute atomic E-state index is 0.0147. The van der Waals surface area contributed by atoms with Crippen LogP contribution in [0, 0.1) is 13.8 Å². The number of nitrogens with zero attached hydrogens (tertiary/aromatic N) is 3. The number of benzene rings is 8. The van der Waals surface area contributed by atoms with Crippen LogP contribution >= 0.6 is 0 Å². The molecule has 1 atom stereocenters. The Morgan fingerprint density at radius 3 is 1.46 bits per heavy atom. The average Bonchev–Trinajstić information content (AvgIpc) is 1.41. The van der Waals surface area contributed by atoms with Crippen LogP contribution in [0.2, 0.25) is 0 Å². The molecular formula is C83H52BF25N3O9. The van der Waals surface area contributed by atoms with Crippen molar-refractivity contribution < 1.29 is 153 Å². The van der Waals surface area contributed by atoms with E-state index >= 15 is 61.8 Å². The quantitative estimate of drug-likeness (QED) is 0.0286. The van der Waals surface area contributed by atoms with E-state index in [0.717, 1.165) is 71.1 Å². The fourth-order valence-corrected chi connectivity index (χ4v) is 14.9. The van der Waals surface area contributed by atoms with E-state index in [2.05, 4.69) is 4.99 Å². The standard InChI is InChI=1S/C83H52BF25N3O9/c1-8-118-73(116)63-36(3)69(110-38(63)5)68(70-37(4)64(74(117)119-9-2)39(6)112(70)84-109)75(45-26-52(82(103,104)105)31-53(27-45)83(106,107)108)34-55(32-60(75)43-23-50(80(97,98)99)30-51(24-43)81(100,101)102)120-62(114)18-40-14-16-54(17-15-40)111(7)72(115)59-33-58(42-21-48(78(91,92)93)29-49(22-42)79(94,95)96)71-67-65(59)44(35-113)25-57(66(67)56-12-10-11-13-61(56)121-71)41-19-46(76(85,86)87)28-47(20-41)77(88,89)90/h10-17,19-35H,8-9,18H2,1-7H3/b69-68+. The third kappa shape index (κ3) is 16.5. The monoisotopic (exact) mass is 1720 g/mol. The van der Waals surface area contributed by atoms with Crippen LogP contribution in [0.1, 0.15) is 137 Å². The first-order valence-electron chi connectivity index (χ1n) is 35.2. The Morgan fingerprint density at radius 2 is 1.00 bits per heavy atom. The molecule has 3 heterocycles. The number of rotatable bonds is 17. The first-order valence-corrected chi connectivity index (χ1v) is 35.2. The summed E-state index contributed by atoms with van der Waals surface area (Å²) < 4.78 is 400. The summed E-state index contributed by atoms with van der Waals surface area (Å²) >= 11 is 0. The maximum absolute atomic E-state index is 16.3. The summed E-state index contributed by atoms with van der Waals surface area (Å²) in [4.78, 5) is 77.1. The summed E-state index contributed by atoms with van der Waals surface area (Å²) in [7, 11) is 0.657. The molecule has 1 aliphatic carbocycles. The molecule has 12 nitrogen and oxygen atoms in total. The van der Waals surface area contributed by atoms with E-state index in [4.69, 9.17) is 18.9 Å². The number of amides is 1. The second kappa shape index (κ2) is 31.0. The van der Waals surface area contributed by atoms with Gasteiger partial charge in [0.2, 0.25) is 0 Å². The molecule has 0 saturated carbocycles. The average molecular weight is 1720 g/mol. The van der Waals surface area contributed by atoms with Crippen LogP contribution in [0.3, 0.4) is 0 Å². The van der Waals surface area contributed by atoms with Gasteiger partial charge >= 0.3 is 75.0 Å². The number of carbonyl (C=O) groups excluding carboxylic acids is 5. The van der Waals surface area contributed by atoms with Crippen molar-refractivity contribution in [1.29, 1.82) is 0 Å². The van der Waals surface area contributed by atoms with Crippen LogP contribution in [0.25, 0.3) is 55.3 Å². The second-order valence-electron chi connectivity index (χ2n) is 27.7. The van der Waals surface area contributed by atoms with Gasteiger partial charge in [-0.2, -0.15) is 105 Å². The number of alkyl halides is 24. The lowest BCUT2D eigenvalue weighted by molar-refractivity contribution is -0.144. The molecule has 9 aromatic rings. The molecule has 1 aromatic heterocycles. The summed E-state index contributed by atoms with van der Waals surface area (Å²) in [5, 5.41) is -1.28. The molecule has 0 bridgehead atoms. The summed E-state index contributed by atoms with van der Waals surface area (Å²) in [5.41, 5.74) is -36.3. The zero-order chi connectivity index (χ0) is 89.2. The van der Waals surface area contributed by atoms with Crippen molar-refractivity contribution in [1.82, 2.24) is 4.48 Å². The van der Waals surface area contributed by atoms with Gasteiger partial charge in [-0.3, -0.25) is 19.4 Å². The van der Waals surface area contributed by atoms with Crippen molar-refractivity contribution in [3.8, 4) is 44.9 Å². The van der Waals surface area contributed by atoms with E-state index < -0.39 is 283 Å². The molecule has 121 heavy (non-hydrogen) atoms. The zero-order valence-electron chi connectivity index (χ0n) is 62.6. The molecule has 38 heteroatoms. The van der Waals surface area contributed by atoms with Gasteiger partial charge in [0.15, 0.2) is 6.29 Å². The molecule has 0 N–H and O–H groups in total. The van der Waals surface area contributed by atoms with E-state index in [1.54, 1.807) is 0 Å². The molecule has 0 fully saturated rings. The number of anilines is 1. The van der Waals surface area contributed by atoms with Crippen LogP contribution in [0.5, 0.6) is 11.5 Å². The van der Waals surface area contributed by atoms with Gasteiger partial charge in [0.25, 0.3) is 5.91 Å². The number of aldehydes is 1. The molecule has 3 aliphatic rings. The van der Waals surface area contributed by atoms with Gasteiger partial charge < -0.3 is 32.6 Å². The summed E-state index contributed by atoms with van der Waals surface area (Å²) in [6.45, 7) is 5.99. The van der Waals surface area contributed by atoms with Crippen LogP contribution in [-0.2, 0) is 85.0 Å². The highest BCUT2D eigenvalue weighted by molar-refractivity contribution is 6.28. The summed E-state index contributed by atoms with van der Waals surface area (Å²) in [6, 6.07) is 9.83. The number of hydrogen-bond donors (Lipinski definition) is 0. The van der Waals surface area contributed by atoms with E-state index in [1.165, 1.54) is 32.0 Å². The third-order valence-electron chi connectivity index (χ3n) is 20.1. The maximum atomic E-state index is 16.3. The number of para-hydroxylation sites is 1. The molecule has 8 aromatic carbocycles. The predicted molar refractivity (Wildman–Crippen MR) is 387 cm³/mol. The van der Waals surface area contributed by atoms with Crippen LogP contribution < -0.4 is 9.64 Å². The molecule has 12 rings (SSSR count). The highest BCUT2D eigenvalue weighted by Gasteiger charge is 2.53. The minimum atomic E-state index is -5.87. The molecule has 2 aliphatic heterocycles. The summed E-state index contributed by atoms with van der Waals surface area (Å²) in [6.07, 6.45) is -45.8. The SMILES string of the molecule is CCOC(=O)C1=C(C)/C(=C(/c2c(C)c(C(=O)OCC)c(C)n2[B]F)C2(c3cc(C(F)(F)F)cc(C(F)(F)F)c3)C=C(OC(=O)Cc3ccc(N(C)C(=O)c4cc(-c5cc(C(F)(F)F)cc(C(F)(F)F)c5)c5c6c(c(-c7cc(C(F)(F)F)cc(C(F)(F)F)c7)cc(C=O)c46)-c4ccccc4O5)cc3)C=C2c2cc(C(F)(F)F)cc(C(F)(F)F)c2)N=C1C. The number of carbonyl (C=O) groups is 5. The van der Waals surface area contributed by atoms with Crippen molar-refractivity contribution in [3.63, 3.8) is 0 Å². The van der Waals surface area contributed by atoms with Gasteiger partial charge in [0.1, 0.15) is 17.3 Å². The number of halogens is 25. The molecule has 631 valence electrons. The van der Waals surface area contributed by atoms with Crippen molar-refractivity contribution in [2.45, 2.75) is 103 Å². The van der Waals surface area contributed by atoms with E-state index in [1.807, 2.05) is 0 Å². The molecule has 1 amide bonds. The Hall–Kier alpha value is -12.4. The first-order chi connectivity index (χ1) is 56.1. The Labute approximate surface area is 666 Å². The van der Waals surface area contributed by atoms with Crippen LogP contribution in [0.4, 0.5) is 115 Å². The fourth-order valence-electron chi connectivity index (χ4n) is 14.9. The number of fused-ring (bicyclic) bond motifs is 2. The van der Waals surface area contributed by atoms with E-state index in [-0.39, 0.29) is 97.2 Å². The Balaban J connectivity index is 1.07. The molecular weight excluding hydrogens is 1670 g/mol. The number of aliphatic imine (C=N–C) groups is 1. The minimum Gasteiger partial charge on any atom is -0.462 e. The number of hydrogen-bond acceptors (Lipinski definition) is 10. The van der Waals surface area contributed by atoms with Gasteiger partial charge in [-0.15, -0.1) is 0 Å². The smallest absolute Gasteiger partial charge is 0.462 e. The number of aromatic nitrogens is 1. The lowest BCUT2D eigenvalue weighted by Crippen LogP contribution is -2.31. The fraction of sp³-hybridized carbons (Fsp3) is 0.229. The van der Waals surface area contributed by atoms with Crippen LogP contribution in [-0.4, -0.2) is 68.2 Å². The van der Waals surface area contributed by atoms with Crippen molar-refractivity contribution in [2.75, 3.05) is 25.2 Å². The molecule has 0 spiro atoms. The van der Waals surface area contributed by atoms with Gasteiger partial charge in [-0.25, -0.2) is 9.59 Å². The summed E-state index contributed by atoms with van der Waals surface area (Å²) in [5.74, 6) is -7.81. The molecule has 1 unspecified atom stereocenters. The van der Waals surface area contributed by atoms with Gasteiger partial charge in [0, 0.05) is 68.3 Å². The highest BCUT2D eigenvalue weighted by atomic mass is 19.4. The normalized spacial score (nSPS) is 15.7. The van der Waals surface area contributed by atoms with Gasteiger partial charge in [-0.05, 0) is 207 Å². The van der Waals surface area contributed by atoms with Gasteiger partial charge in [0.05, 0.1) is 92.1 Å². The van der Waals surface area contributed by atoms with E-state index in [0.29, 0.717) is 27.6 Å². The van der Waals surface area contributed by atoms with Gasteiger partial charge in [-0.1, -0.05) is 30.3 Å². The third-order valence-corrected chi connectivity index (χ3v) is 20.1. The predicted octanol–water partition coefficient (Wildman–Crippen LogP) is 23.9. The van der Waals surface area contributed by atoms with Crippen molar-refractivity contribution in [3.05, 3.63) is 263 Å². The Bertz CT molecular complexity index is 5880. The van der Waals surface area contributed by atoms with E-state index in [9.17, 15) is 71.9 Å². The maximum Gasteiger partial charge on any atom is 0.495 e. The van der Waals surface area contributed by atoms with Crippen molar-refractivity contribution in [2.24, 2.45) is 4.99 Å². The van der Waals surface area contributed by atoms with Crippen LogP contribution in [0.15, 0.2) is 173 Å². The largest absolute Gasteiger partial charge is 0.495 e. The topological polar surface area (TPSA) is 143 Å². The zero-order valence-corrected chi connectivity index (χ0v) is 62.6. The highest BCUT2D eigenvalue weighted by Crippen LogP contribution is 2.61. The second-order valence-corrected chi connectivity index (χ2v) is 27.7. The molecule has 1 radical (unpaired) electrons. The Kier molecular flexibility index (Phi) is 22.5. The Morgan fingerprint density at radius 1 is 0.545 bits per heavy atom. The lowest BCUT2D eigenvalue weighted by Gasteiger charge is -2.37. The molecule has 0 saturated heterocycles. The van der Waals surface area contributed by atoms with Crippen molar-refractivity contribution >= 4 is 71.1 Å².